The lowest BCUT2D eigenvalue weighted by Crippen LogP contribution is -2.42. The molecule has 0 bridgehead atoms. The first-order chi connectivity index (χ1) is 6.16. The Balaban J connectivity index is 2.43. The van der Waals surface area contributed by atoms with Gasteiger partial charge < -0.3 is 10.2 Å². The smallest absolute Gasteiger partial charge is 0.317 e. The van der Waals surface area contributed by atoms with E-state index >= 15 is 0 Å². The highest BCUT2D eigenvalue weighted by molar-refractivity contribution is 5.75. The molecule has 2 amide bonds. The summed E-state index contributed by atoms with van der Waals surface area (Å²) in [5.74, 6) is 0.620. The summed E-state index contributed by atoms with van der Waals surface area (Å²) >= 11 is 0. The second-order valence-corrected chi connectivity index (χ2v) is 3.67. The maximum atomic E-state index is 11.5. The minimum Gasteiger partial charge on any atom is -0.335 e. The van der Waals surface area contributed by atoms with E-state index in [4.69, 9.17) is 0 Å². The number of rotatable bonds is 2. The highest BCUT2D eigenvalue weighted by Crippen LogP contribution is 2.22. The fraction of sp³-hybridized carbons (Fsp3) is 0.700. The molecule has 2 atom stereocenters. The minimum absolute atomic E-state index is 0.0387. The molecule has 2 unspecified atom stereocenters. The summed E-state index contributed by atoms with van der Waals surface area (Å²) in [4.78, 5) is 13.4. The van der Waals surface area contributed by atoms with Crippen LogP contribution in [0.15, 0.2) is 12.7 Å². The highest BCUT2D eigenvalue weighted by Gasteiger charge is 2.30. The first kappa shape index (κ1) is 10.1. The average molecular weight is 182 g/mol. The SMILES string of the molecule is C=CCNC(=O)N1CCC(C)C1C. The molecule has 1 aliphatic rings. The van der Waals surface area contributed by atoms with Gasteiger partial charge in [-0.1, -0.05) is 13.0 Å². The summed E-state index contributed by atoms with van der Waals surface area (Å²) in [5, 5.41) is 2.79. The van der Waals surface area contributed by atoms with Gasteiger partial charge in [0, 0.05) is 19.1 Å². The van der Waals surface area contributed by atoms with E-state index in [2.05, 4.69) is 25.7 Å². The molecule has 3 nitrogen and oxygen atoms in total. The van der Waals surface area contributed by atoms with E-state index in [1.807, 2.05) is 4.90 Å². The number of urea groups is 1. The van der Waals surface area contributed by atoms with Gasteiger partial charge in [-0.2, -0.15) is 0 Å². The van der Waals surface area contributed by atoms with Crippen molar-refractivity contribution in [2.24, 2.45) is 5.92 Å². The first-order valence-corrected chi connectivity index (χ1v) is 4.82. The van der Waals surface area contributed by atoms with Gasteiger partial charge in [-0.15, -0.1) is 6.58 Å². The number of nitrogens with zero attached hydrogens (tertiary/aromatic N) is 1. The molecule has 1 rings (SSSR count). The Morgan fingerprint density at radius 2 is 2.38 bits per heavy atom. The summed E-state index contributed by atoms with van der Waals surface area (Å²) < 4.78 is 0. The van der Waals surface area contributed by atoms with E-state index in [0.717, 1.165) is 13.0 Å². The fourth-order valence-electron chi connectivity index (χ4n) is 1.64. The largest absolute Gasteiger partial charge is 0.335 e. The molecule has 0 saturated carbocycles. The Morgan fingerprint density at radius 3 is 2.85 bits per heavy atom. The van der Waals surface area contributed by atoms with Crippen LogP contribution in [0.25, 0.3) is 0 Å². The zero-order valence-corrected chi connectivity index (χ0v) is 8.42. The Labute approximate surface area is 79.8 Å². The molecule has 3 heteroatoms. The monoisotopic (exact) mass is 182 g/mol. The van der Waals surface area contributed by atoms with Gasteiger partial charge in [0.25, 0.3) is 0 Å². The molecule has 1 aliphatic heterocycles. The molecule has 0 radical (unpaired) electrons. The lowest BCUT2D eigenvalue weighted by molar-refractivity contribution is 0.192. The lowest BCUT2D eigenvalue weighted by atomic mass is 10.1. The number of likely N-dealkylation sites (tertiary alicyclic amines) is 1. The summed E-state index contributed by atoms with van der Waals surface area (Å²) in [5.41, 5.74) is 0. The van der Waals surface area contributed by atoms with Crippen LogP contribution in [0.5, 0.6) is 0 Å². The number of carbonyl (C=O) groups is 1. The second-order valence-electron chi connectivity index (χ2n) is 3.67. The molecule has 1 N–H and O–H groups in total. The van der Waals surface area contributed by atoms with Crippen LogP contribution in [0.4, 0.5) is 4.79 Å². The molecule has 74 valence electrons. The van der Waals surface area contributed by atoms with E-state index in [-0.39, 0.29) is 6.03 Å². The molecule has 0 aromatic heterocycles. The van der Waals surface area contributed by atoms with Gasteiger partial charge in [0.15, 0.2) is 0 Å². The van der Waals surface area contributed by atoms with Crippen molar-refractivity contribution in [3.05, 3.63) is 12.7 Å². The Bertz CT molecular complexity index is 203. The number of hydrogen-bond acceptors (Lipinski definition) is 1. The third kappa shape index (κ3) is 2.23. The summed E-state index contributed by atoms with van der Waals surface area (Å²) in [7, 11) is 0. The van der Waals surface area contributed by atoms with Gasteiger partial charge in [0.1, 0.15) is 0 Å². The molecular weight excluding hydrogens is 164 g/mol. The third-order valence-corrected chi connectivity index (χ3v) is 2.80. The zero-order chi connectivity index (χ0) is 9.84. The predicted octanol–water partition coefficient (Wildman–Crippen LogP) is 1.61. The molecular formula is C10H18N2O. The van der Waals surface area contributed by atoms with Crippen LogP contribution < -0.4 is 5.32 Å². The fourth-order valence-corrected chi connectivity index (χ4v) is 1.64. The van der Waals surface area contributed by atoms with E-state index in [9.17, 15) is 4.79 Å². The van der Waals surface area contributed by atoms with Crippen LogP contribution in [0, 0.1) is 5.92 Å². The maximum Gasteiger partial charge on any atom is 0.317 e. The Morgan fingerprint density at radius 1 is 1.69 bits per heavy atom. The number of hydrogen-bond donors (Lipinski definition) is 1. The van der Waals surface area contributed by atoms with E-state index in [1.165, 1.54) is 0 Å². The van der Waals surface area contributed by atoms with Crippen molar-refractivity contribution >= 4 is 6.03 Å². The van der Waals surface area contributed by atoms with Crippen molar-refractivity contribution in [2.75, 3.05) is 13.1 Å². The van der Waals surface area contributed by atoms with Gasteiger partial charge in [0.05, 0.1) is 0 Å². The lowest BCUT2D eigenvalue weighted by Gasteiger charge is -2.23. The summed E-state index contributed by atoms with van der Waals surface area (Å²) in [6.07, 6.45) is 2.81. The van der Waals surface area contributed by atoms with Crippen molar-refractivity contribution in [3.8, 4) is 0 Å². The minimum atomic E-state index is 0.0387. The first-order valence-electron chi connectivity index (χ1n) is 4.82. The van der Waals surface area contributed by atoms with Gasteiger partial charge in [-0.05, 0) is 19.3 Å². The summed E-state index contributed by atoms with van der Waals surface area (Å²) in [6.45, 7) is 9.28. The van der Waals surface area contributed by atoms with Gasteiger partial charge >= 0.3 is 6.03 Å². The van der Waals surface area contributed by atoms with Crippen LogP contribution in [0.2, 0.25) is 0 Å². The molecule has 0 aromatic rings. The zero-order valence-electron chi connectivity index (χ0n) is 8.42. The van der Waals surface area contributed by atoms with Crippen molar-refractivity contribution < 1.29 is 4.79 Å². The average Bonchev–Trinajstić information content (AvgIpc) is 2.44. The van der Waals surface area contributed by atoms with Crippen molar-refractivity contribution in [1.29, 1.82) is 0 Å². The van der Waals surface area contributed by atoms with Crippen LogP contribution >= 0.6 is 0 Å². The van der Waals surface area contributed by atoms with E-state index < -0.39 is 0 Å². The van der Waals surface area contributed by atoms with Crippen molar-refractivity contribution in [3.63, 3.8) is 0 Å². The van der Waals surface area contributed by atoms with Gasteiger partial charge in [0.2, 0.25) is 0 Å². The van der Waals surface area contributed by atoms with Gasteiger partial charge in [-0.3, -0.25) is 0 Å². The molecule has 0 aliphatic carbocycles. The van der Waals surface area contributed by atoms with Crippen molar-refractivity contribution in [2.45, 2.75) is 26.3 Å². The standard InChI is InChI=1S/C10H18N2O/c1-4-6-11-10(13)12-7-5-8(2)9(12)3/h4,8-9H,1,5-7H2,2-3H3,(H,11,13). The highest BCUT2D eigenvalue weighted by atomic mass is 16.2. The summed E-state index contributed by atoms with van der Waals surface area (Å²) in [6, 6.07) is 0.404. The second kappa shape index (κ2) is 4.30. The predicted molar refractivity (Wildman–Crippen MR) is 53.5 cm³/mol. The number of carbonyl (C=O) groups excluding carboxylic acids is 1. The molecule has 13 heavy (non-hydrogen) atoms. The maximum absolute atomic E-state index is 11.5. The molecule has 1 fully saturated rings. The van der Waals surface area contributed by atoms with Crippen LogP contribution in [0.1, 0.15) is 20.3 Å². The number of amides is 2. The quantitative estimate of drug-likeness (QED) is 0.646. The number of nitrogens with one attached hydrogen (secondary N) is 1. The van der Waals surface area contributed by atoms with Crippen LogP contribution in [0.3, 0.4) is 0 Å². The third-order valence-electron chi connectivity index (χ3n) is 2.80. The molecule has 0 aromatic carbocycles. The molecule has 1 saturated heterocycles. The van der Waals surface area contributed by atoms with Crippen molar-refractivity contribution in [1.82, 2.24) is 10.2 Å². The van der Waals surface area contributed by atoms with E-state index in [0.29, 0.717) is 18.5 Å². The van der Waals surface area contributed by atoms with Crippen LogP contribution in [-0.4, -0.2) is 30.1 Å². The normalized spacial score (nSPS) is 27.4. The Kier molecular flexibility index (Phi) is 3.34. The Hall–Kier alpha value is -0.990. The van der Waals surface area contributed by atoms with Crippen LogP contribution in [-0.2, 0) is 0 Å². The molecule has 0 spiro atoms. The molecule has 1 heterocycles. The topological polar surface area (TPSA) is 32.3 Å². The van der Waals surface area contributed by atoms with E-state index in [1.54, 1.807) is 6.08 Å². The van der Waals surface area contributed by atoms with Gasteiger partial charge in [-0.25, -0.2) is 4.79 Å².